The summed E-state index contributed by atoms with van der Waals surface area (Å²) in [6.45, 7) is 0. The van der Waals surface area contributed by atoms with Crippen LogP contribution in [0.15, 0.2) is 116 Å². The SMILES string of the molecule is O=C(CCC=CCCC1CCCCC1)c1cncn1C(c1ccccc1)(c1ccccc1)c1ccccc1. The van der Waals surface area contributed by atoms with E-state index in [4.69, 9.17) is 0 Å². The molecule has 3 aromatic carbocycles. The summed E-state index contributed by atoms with van der Waals surface area (Å²) in [7, 11) is 0. The van der Waals surface area contributed by atoms with E-state index >= 15 is 0 Å². The van der Waals surface area contributed by atoms with Crippen molar-refractivity contribution in [1.29, 1.82) is 0 Å². The molecule has 0 bridgehead atoms. The van der Waals surface area contributed by atoms with Crippen molar-refractivity contribution in [3.8, 4) is 0 Å². The molecule has 1 fully saturated rings. The zero-order valence-electron chi connectivity index (χ0n) is 22.2. The van der Waals surface area contributed by atoms with E-state index in [1.165, 1.54) is 38.5 Å². The number of carbonyl (C=O) groups is 1. The Balaban J connectivity index is 1.43. The first kappa shape index (κ1) is 25.9. The van der Waals surface area contributed by atoms with E-state index in [0.717, 1.165) is 35.4 Å². The third-order valence-electron chi connectivity index (χ3n) is 8.03. The summed E-state index contributed by atoms with van der Waals surface area (Å²) < 4.78 is 2.09. The highest BCUT2D eigenvalue weighted by Gasteiger charge is 2.40. The van der Waals surface area contributed by atoms with E-state index in [1.807, 2.05) is 24.5 Å². The summed E-state index contributed by atoms with van der Waals surface area (Å²) in [4.78, 5) is 18.2. The van der Waals surface area contributed by atoms with E-state index in [1.54, 1.807) is 6.20 Å². The average Bonchev–Trinajstić information content (AvgIpc) is 3.48. The van der Waals surface area contributed by atoms with Gasteiger partial charge in [-0.25, -0.2) is 4.98 Å². The molecule has 1 saturated carbocycles. The van der Waals surface area contributed by atoms with Gasteiger partial charge in [-0.3, -0.25) is 4.79 Å². The van der Waals surface area contributed by atoms with Crippen molar-refractivity contribution in [2.24, 2.45) is 5.92 Å². The van der Waals surface area contributed by atoms with Crippen molar-refractivity contribution < 1.29 is 4.79 Å². The Hall–Kier alpha value is -3.72. The fourth-order valence-corrected chi connectivity index (χ4v) is 6.11. The van der Waals surface area contributed by atoms with Gasteiger partial charge in [0.25, 0.3) is 0 Å². The second-order valence-corrected chi connectivity index (χ2v) is 10.5. The molecular formula is C35H38N2O. The molecule has 0 N–H and O–H groups in total. The molecule has 3 heteroatoms. The smallest absolute Gasteiger partial charge is 0.181 e. The fourth-order valence-electron chi connectivity index (χ4n) is 6.11. The third kappa shape index (κ3) is 5.57. The average molecular weight is 503 g/mol. The monoisotopic (exact) mass is 502 g/mol. The number of nitrogens with zero attached hydrogens (tertiary/aromatic N) is 2. The Morgan fingerprint density at radius 3 is 1.84 bits per heavy atom. The van der Waals surface area contributed by atoms with Crippen molar-refractivity contribution in [3.63, 3.8) is 0 Å². The third-order valence-corrected chi connectivity index (χ3v) is 8.03. The van der Waals surface area contributed by atoms with Crippen LogP contribution in [0, 0.1) is 5.92 Å². The normalized spacial score (nSPS) is 14.6. The van der Waals surface area contributed by atoms with Gasteiger partial charge in [-0.05, 0) is 41.9 Å². The molecule has 0 saturated heterocycles. The molecule has 0 aliphatic heterocycles. The Labute approximate surface area is 227 Å². The number of hydrogen-bond donors (Lipinski definition) is 0. The zero-order chi connectivity index (χ0) is 26.0. The Morgan fingerprint density at radius 2 is 1.29 bits per heavy atom. The first-order valence-electron chi connectivity index (χ1n) is 14.2. The van der Waals surface area contributed by atoms with Crippen LogP contribution in [-0.4, -0.2) is 15.3 Å². The topological polar surface area (TPSA) is 34.9 Å². The van der Waals surface area contributed by atoms with Crippen molar-refractivity contribution in [2.45, 2.75) is 63.3 Å². The van der Waals surface area contributed by atoms with Crippen LogP contribution in [0.4, 0.5) is 0 Å². The molecule has 4 aromatic rings. The molecule has 5 rings (SSSR count). The van der Waals surface area contributed by atoms with Gasteiger partial charge in [0.15, 0.2) is 5.78 Å². The molecular weight excluding hydrogens is 464 g/mol. The number of aromatic nitrogens is 2. The lowest BCUT2D eigenvalue weighted by Gasteiger charge is -2.38. The zero-order valence-corrected chi connectivity index (χ0v) is 22.2. The summed E-state index contributed by atoms with van der Waals surface area (Å²) in [6, 6.07) is 31.3. The summed E-state index contributed by atoms with van der Waals surface area (Å²) in [5.41, 5.74) is 3.18. The van der Waals surface area contributed by atoms with E-state index in [2.05, 4.69) is 94.5 Å². The second-order valence-electron chi connectivity index (χ2n) is 10.5. The van der Waals surface area contributed by atoms with Gasteiger partial charge in [0.05, 0.1) is 12.5 Å². The van der Waals surface area contributed by atoms with E-state index in [-0.39, 0.29) is 5.78 Å². The minimum atomic E-state index is -0.721. The number of Topliss-reactive ketones (excluding diaryl/α,β-unsaturated/α-hetero) is 1. The van der Waals surface area contributed by atoms with Crippen LogP contribution >= 0.6 is 0 Å². The molecule has 0 radical (unpaired) electrons. The predicted octanol–water partition coefficient (Wildman–Crippen LogP) is 8.60. The van der Waals surface area contributed by atoms with Crippen LogP contribution in [0.3, 0.4) is 0 Å². The first-order chi connectivity index (χ1) is 18.8. The molecule has 194 valence electrons. The predicted molar refractivity (Wildman–Crippen MR) is 155 cm³/mol. The van der Waals surface area contributed by atoms with Gasteiger partial charge in [-0.2, -0.15) is 0 Å². The van der Waals surface area contributed by atoms with Gasteiger partial charge in [0.2, 0.25) is 0 Å². The van der Waals surface area contributed by atoms with E-state index in [9.17, 15) is 4.79 Å². The van der Waals surface area contributed by atoms with Gasteiger partial charge >= 0.3 is 0 Å². The van der Waals surface area contributed by atoms with E-state index < -0.39 is 5.54 Å². The van der Waals surface area contributed by atoms with Crippen LogP contribution in [0.1, 0.15) is 85.0 Å². The standard InChI is InChI=1S/C35H38N2O/c38-34(26-16-2-1-7-17-29-18-8-3-9-19-29)33-27-36-28-37(33)35(30-20-10-4-11-21-30,31-22-12-5-13-23-31)32-24-14-6-15-25-32/h1-2,4-6,10-15,20-25,27-29H,3,7-9,16-19,26H2. The summed E-state index contributed by atoms with van der Waals surface area (Å²) in [5, 5.41) is 0. The maximum Gasteiger partial charge on any atom is 0.181 e. The highest BCUT2D eigenvalue weighted by atomic mass is 16.1. The largest absolute Gasteiger partial charge is 0.309 e. The lowest BCUT2D eigenvalue weighted by Crippen LogP contribution is -2.39. The Morgan fingerprint density at radius 1 is 0.763 bits per heavy atom. The molecule has 38 heavy (non-hydrogen) atoms. The van der Waals surface area contributed by atoms with Crippen LogP contribution in [-0.2, 0) is 5.54 Å². The van der Waals surface area contributed by atoms with Crippen LogP contribution < -0.4 is 0 Å². The molecule has 0 unspecified atom stereocenters. The van der Waals surface area contributed by atoms with Gasteiger partial charge < -0.3 is 4.57 Å². The lowest BCUT2D eigenvalue weighted by atomic mass is 9.76. The molecule has 1 heterocycles. The maximum absolute atomic E-state index is 13.7. The molecule has 1 aromatic heterocycles. The van der Waals surface area contributed by atoms with Gasteiger partial charge in [0.1, 0.15) is 11.2 Å². The van der Waals surface area contributed by atoms with Gasteiger partial charge in [-0.15, -0.1) is 0 Å². The second kappa shape index (κ2) is 12.7. The summed E-state index contributed by atoms with van der Waals surface area (Å²) in [6.07, 6.45) is 18.6. The number of rotatable bonds is 11. The number of benzene rings is 3. The summed E-state index contributed by atoms with van der Waals surface area (Å²) in [5.74, 6) is 1.01. The molecule has 1 aliphatic rings. The Bertz CT molecular complexity index is 1210. The fraction of sp³-hybridized carbons (Fsp3) is 0.314. The Kier molecular flexibility index (Phi) is 8.65. The van der Waals surface area contributed by atoms with E-state index in [0.29, 0.717) is 12.1 Å². The van der Waals surface area contributed by atoms with Gasteiger partial charge in [0, 0.05) is 6.42 Å². The first-order valence-corrected chi connectivity index (χ1v) is 14.2. The maximum atomic E-state index is 13.7. The summed E-state index contributed by atoms with van der Waals surface area (Å²) >= 11 is 0. The van der Waals surface area contributed by atoms with Gasteiger partial charge in [-0.1, -0.05) is 135 Å². The van der Waals surface area contributed by atoms with Crippen LogP contribution in [0.2, 0.25) is 0 Å². The molecule has 0 amide bonds. The highest BCUT2D eigenvalue weighted by molar-refractivity contribution is 5.94. The van der Waals surface area contributed by atoms with Crippen LogP contribution in [0.25, 0.3) is 0 Å². The number of ketones is 1. The molecule has 0 spiro atoms. The minimum absolute atomic E-state index is 0.117. The molecule has 3 nitrogen and oxygen atoms in total. The molecule has 0 atom stereocenters. The lowest BCUT2D eigenvalue weighted by molar-refractivity contribution is 0.0972. The number of hydrogen-bond acceptors (Lipinski definition) is 2. The number of imidazole rings is 1. The highest BCUT2D eigenvalue weighted by Crippen LogP contribution is 2.41. The van der Waals surface area contributed by atoms with Crippen molar-refractivity contribution >= 4 is 5.78 Å². The minimum Gasteiger partial charge on any atom is -0.309 e. The van der Waals surface area contributed by atoms with Crippen molar-refractivity contribution in [2.75, 3.05) is 0 Å². The number of allylic oxidation sites excluding steroid dienone is 2. The number of carbonyl (C=O) groups excluding carboxylic acids is 1. The van der Waals surface area contributed by atoms with Crippen molar-refractivity contribution in [3.05, 3.63) is 138 Å². The van der Waals surface area contributed by atoms with Crippen molar-refractivity contribution in [1.82, 2.24) is 9.55 Å². The quantitative estimate of drug-likeness (QED) is 0.117. The van der Waals surface area contributed by atoms with Crippen LogP contribution in [0.5, 0.6) is 0 Å². The molecule has 1 aliphatic carbocycles.